The summed E-state index contributed by atoms with van der Waals surface area (Å²) in [7, 11) is 1.87. The SMILES string of the molecule is Cn1nnc2c1-c1ccccc1CN(C(=O)CCC(=O)NCCOCC(C)(C)CO)c1ccccc1-2. The number of benzene rings is 2. The minimum Gasteiger partial charge on any atom is -0.396 e. The van der Waals surface area contributed by atoms with E-state index in [4.69, 9.17) is 4.74 Å². The highest BCUT2D eigenvalue weighted by atomic mass is 16.5. The lowest BCUT2D eigenvalue weighted by Crippen LogP contribution is -2.34. The molecular formula is C27H33N5O4. The summed E-state index contributed by atoms with van der Waals surface area (Å²) in [6, 6.07) is 15.6. The van der Waals surface area contributed by atoms with Crippen molar-refractivity contribution in [1.82, 2.24) is 20.3 Å². The minimum atomic E-state index is -0.316. The molecule has 0 spiro atoms. The number of para-hydroxylation sites is 1. The van der Waals surface area contributed by atoms with Crippen LogP contribution in [0.1, 0.15) is 32.3 Å². The van der Waals surface area contributed by atoms with E-state index >= 15 is 0 Å². The molecule has 0 fully saturated rings. The van der Waals surface area contributed by atoms with Crippen LogP contribution in [0.15, 0.2) is 48.5 Å². The van der Waals surface area contributed by atoms with Gasteiger partial charge in [-0.1, -0.05) is 61.5 Å². The topological polar surface area (TPSA) is 110 Å². The lowest BCUT2D eigenvalue weighted by Gasteiger charge is -2.28. The standard InChI is InChI=1S/C27H33N5O4/c1-27(2,17-33)18-36-15-14-28-23(34)12-13-24(35)32-16-19-8-4-5-9-20(19)26-25(29-30-31(26)3)21-10-6-7-11-22(21)32/h4-11,33H,12-18H2,1-3H3,(H,28,34). The molecule has 0 unspecified atom stereocenters. The maximum Gasteiger partial charge on any atom is 0.227 e. The van der Waals surface area contributed by atoms with Gasteiger partial charge in [0, 0.05) is 43.0 Å². The van der Waals surface area contributed by atoms with E-state index in [1.165, 1.54) is 0 Å². The summed E-state index contributed by atoms with van der Waals surface area (Å²) in [5.74, 6) is -0.342. The van der Waals surface area contributed by atoms with Gasteiger partial charge >= 0.3 is 0 Å². The molecule has 9 nitrogen and oxygen atoms in total. The molecule has 0 saturated carbocycles. The zero-order valence-electron chi connectivity index (χ0n) is 21.0. The van der Waals surface area contributed by atoms with Crippen molar-refractivity contribution in [1.29, 1.82) is 0 Å². The van der Waals surface area contributed by atoms with E-state index in [0.29, 0.717) is 26.3 Å². The van der Waals surface area contributed by atoms with E-state index in [1.807, 2.05) is 69.4 Å². The van der Waals surface area contributed by atoms with Gasteiger partial charge in [-0.15, -0.1) is 5.10 Å². The second kappa shape index (κ2) is 11.0. The Morgan fingerprint density at radius 3 is 2.58 bits per heavy atom. The monoisotopic (exact) mass is 491 g/mol. The summed E-state index contributed by atoms with van der Waals surface area (Å²) >= 11 is 0. The fraction of sp³-hybridized carbons (Fsp3) is 0.407. The van der Waals surface area contributed by atoms with Crippen molar-refractivity contribution >= 4 is 17.5 Å². The second-order valence-electron chi connectivity index (χ2n) is 9.79. The molecule has 2 aromatic carbocycles. The van der Waals surface area contributed by atoms with E-state index in [1.54, 1.807) is 9.58 Å². The van der Waals surface area contributed by atoms with Gasteiger partial charge in [-0.2, -0.15) is 0 Å². The third kappa shape index (κ3) is 5.63. The van der Waals surface area contributed by atoms with Crippen molar-refractivity contribution in [3.8, 4) is 22.5 Å². The van der Waals surface area contributed by atoms with Crippen LogP contribution in [0.3, 0.4) is 0 Å². The Bertz CT molecular complexity index is 1240. The molecule has 0 saturated heterocycles. The number of fused-ring (bicyclic) bond motifs is 5. The van der Waals surface area contributed by atoms with Crippen molar-refractivity contribution in [2.24, 2.45) is 12.5 Å². The number of nitrogens with one attached hydrogen (secondary N) is 1. The molecule has 2 N–H and O–H groups in total. The highest BCUT2D eigenvalue weighted by molar-refractivity contribution is 6.01. The Morgan fingerprint density at radius 2 is 1.81 bits per heavy atom. The Labute approximate surface area is 211 Å². The smallest absolute Gasteiger partial charge is 0.227 e. The highest BCUT2D eigenvalue weighted by Gasteiger charge is 2.28. The summed E-state index contributed by atoms with van der Waals surface area (Å²) in [4.78, 5) is 27.5. The fourth-order valence-electron chi connectivity index (χ4n) is 4.22. The molecule has 4 rings (SSSR count). The van der Waals surface area contributed by atoms with Crippen molar-refractivity contribution in [2.45, 2.75) is 33.2 Å². The van der Waals surface area contributed by atoms with Gasteiger partial charge in [0.05, 0.1) is 37.7 Å². The molecule has 1 aromatic heterocycles. The van der Waals surface area contributed by atoms with Gasteiger partial charge in [-0.25, -0.2) is 4.68 Å². The van der Waals surface area contributed by atoms with Crippen LogP contribution >= 0.6 is 0 Å². The predicted molar refractivity (Wildman–Crippen MR) is 137 cm³/mol. The minimum absolute atomic E-state index is 0.0315. The average Bonchev–Trinajstić information content (AvgIpc) is 3.25. The third-order valence-corrected chi connectivity index (χ3v) is 6.23. The van der Waals surface area contributed by atoms with E-state index in [9.17, 15) is 14.7 Å². The molecule has 190 valence electrons. The van der Waals surface area contributed by atoms with Crippen molar-refractivity contribution < 1.29 is 19.4 Å². The van der Waals surface area contributed by atoms with E-state index in [-0.39, 0.29) is 36.7 Å². The number of hydrogen-bond acceptors (Lipinski definition) is 6. The van der Waals surface area contributed by atoms with Gasteiger partial charge < -0.3 is 20.1 Å². The number of hydrogen-bond donors (Lipinski definition) is 2. The summed E-state index contributed by atoms with van der Waals surface area (Å²) in [5, 5.41) is 20.7. The van der Waals surface area contributed by atoms with Crippen LogP contribution in [-0.4, -0.2) is 58.3 Å². The zero-order chi connectivity index (χ0) is 25.7. The third-order valence-electron chi connectivity index (χ3n) is 6.23. The molecule has 3 aromatic rings. The van der Waals surface area contributed by atoms with Crippen LogP contribution in [0.5, 0.6) is 0 Å². The first-order valence-corrected chi connectivity index (χ1v) is 12.1. The molecule has 0 atom stereocenters. The quantitative estimate of drug-likeness (QED) is 0.446. The predicted octanol–water partition coefficient (Wildman–Crippen LogP) is 2.93. The van der Waals surface area contributed by atoms with Gasteiger partial charge in [0.25, 0.3) is 0 Å². The fourth-order valence-corrected chi connectivity index (χ4v) is 4.22. The lowest BCUT2D eigenvalue weighted by atomic mass is 9.95. The van der Waals surface area contributed by atoms with E-state index < -0.39 is 0 Å². The number of anilines is 1. The van der Waals surface area contributed by atoms with Crippen LogP contribution in [0.4, 0.5) is 5.69 Å². The van der Waals surface area contributed by atoms with Gasteiger partial charge in [0.2, 0.25) is 11.8 Å². The van der Waals surface area contributed by atoms with Gasteiger partial charge in [0.1, 0.15) is 5.69 Å². The normalized spacial score (nSPS) is 12.7. The summed E-state index contributed by atoms with van der Waals surface area (Å²) < 4.78 is 7.29. The Morgan fingerprint density at radius 1 is 1.08 bits per heavy atom. The molecule has 9 heteroatoms. The maximum absolute atomic E-state index is 13.4. The summed E-state index contributed by atoms with van der Waals surface area (Å²) in [6.07, 6.45) is 0.158. The molecule has 2 heterocycles. The molecule has 1 aliphatic heterocycles. The number of nitrogens with zero attached hydrogens (tertiary/aromatic N) is 4. The first kappa shape index (κ1) is 25.5. The first-order valence-electron chi connectivity index (χ1n) is 12.1. The first-order chi connectivity index (χ1) is 17.3. The average molecular weight is 492 g/mol. The number of amides is 2. The van der Waals surface area contributed by atoms with Crippen molar-refractivity contribution in [3.05, 3.63) is 54.1 Å². The van der Waals surface area contributed by atoms with Crippen LogP contribution in [0.25, 0.3) is 22.5 Å². The number of aliphatic hydroxyl groups excluding tert-OH is 1. The van der Waals surface area contributed by atoms with E-state index in [2.05, 4.69) is 15.6 Å². The largest absolute Gasteiger partial charge is 0.396 e. The van der Waals surface area contributed by atoms with Gasteiger partial charge in [-0.3, -0.25) is 9.59 Å². The Kier molecular flexibility index (Phi) is 7.81. The van der Waals surface area contributed by atoms with Crippen LogP contribution in [0, 0.1) is 5.41 Å². The van der Waals surface area contributed by atoms with Crippen LogP contribution in [-0.2, 0) is 27.9 Å². The maximum atomic E-state index is 13.4. The Hall–Kier alpha value is -3.56. The number of aliphatic hydroxyl groups is 1. The molecule has 0 aliphatic carbocycles. The van der Waals surface area contributed by atoms with Crippen molar-refractivity contribution in [3.63, 3.8) is 0 Å². The number of ether oxygens (including phenoxy) is 1. The summed E-state index contributed by atoms with van der Waals surface area (Å²) in [5.41, 5.74) is 4.86. The van der Waals surface area contributed by atoms with Crippen molar-refractivity contribution in [2.75, 3.05) is 31.3 Å². The number of aryl methyl sites for hydroxylation is 1. The molecule has 0 bridgehead atoms. The van der Waals surface area contributed by atoms with Crippen LogP contribution in [0.2, 0.25) is 0 Å². The Balaban J connectivity index is 1.46. The number of rotatable bonds is 9. The summed E-state index contributed by atoms with van der Waals surface area (Å²) in [6.45, 7) is 5.33. The zero-order valence-corrected chi connectivity index (χ0v) is 21.0. The van der Waals surface area contributed by atoms with Crippen LogP contribution < -0.4 is 10.2 Å². The number of carbonyl (C=O) groups is 2. The van der Waals surface area contributed by atoms with Gasteiger partial charge in [-0.05, 0) is 11.6 Å². The van der Waals surface area contributed by atoms with E-state index in [0.717, 1.165) is 33.8 Å². The molecule has 0 radical (unpaired) electrons. The number of carbonyl (C=O) groups excluding carboxylic acids is 2. The highest BCUT2D eigenvalue weighted by Crippen LogP contribution is 2.40. The second-order valence-corrected chi connectivity index (χ2v) is 9.79. The molecule has 36 heavy (non-hydrogen) atoms. The molecule has 1 aliphatic rings. The van der Waals surface area contributed by atoms with Gasteiger partial charge in [0.15, 0.2) is 0 Å². The number of aromatic nitrogens is 3. The lowest BCUT2D eigenvalue weighted by molar-refractivity contribution is -0.125. The molecular weight excluding hydrogens is 458 g/mol. The molecule has 2 amide bonds.